The second-order valence-electron chi connectivity index (χ2n) is 4.86. The van der Waals surface area contributed by atoms with Gasteiger partial charge in [0.05, 0.1) is 4.92 Å². The number of nitro benzene ring substituents is 1. The number of anilines is 1. The molecule has 1 aromatic carbocycles. The average Bonchev–Trinajstić information content (AvgIpc) is 2.43. The molecule has 110 valence electrons. The van der Waals surface area contributed by atoms with E-state index in [9.17, 15) is 14.9 Å². The average molecular weight is 281 g/mol. The summed E-state index contributed by atoms with van der Waals surface area (Å²) in [6.07, 6.45) is 0. The van der Waals surface area contributed by atoms with Gasteiger partial charge < -0.3 is 15.3 Å². The summed E-state index contributed by atoms with van der Waals surface area (Å²) >= 11 is 0. The van der Waals surface area contributed by atoms with Crippen molar-refractivity contribution in [3.8, 4) is 0 Å². The lowest BCUT2D eigenvalue weighted by Gasteiger charge is -2.13. The number of aliphatic hydroxyl groups excluding tert-OH is 1. The summed E-state index contributed by atoms with van der Waals surface area (Å²) in [6.45, 7) is 2.24. The Morgan fingerprint density at radius 1 is 1.50 bits per heavy atom. The van der Waals surface area contributed by atoms with E-state index in [1.165, 1.54) is 17.0 Å². The van der Waals surface area contributed by atoms with Crippen LogP contribution in [-0.2, 0) is 0 Å². The minimum Gasteiger partial charge on any atom is -0.396 e. The lowest BCUT2D eigenvalue weighted by Crippen LogP contribution is -2.22. The van der Waals surface area contributed by atoms with Crippen LogP contribution in [0.5, 0.6) is 0 Å². The maximum atomic E-state index is 11.8. The molecule has 1 amide bonds. The third-order valence-electron chi connectivity index (χ3n) is 2.80. The zero-order valence-corrected chi connectivity index (χ0v) is 11.8. The zero-order valence-electron chi connectivity index (χ0n) is 11.8. The molecule has 1 unspecified atom stereocenters. The highest BCUT2D eigenvalue weighted by Crippen LogP contribution is 2.26. The number of hydrogen-bond donors (Lipinski definition) is 2. The normalized spacial score (nSPS) is 11.8. The molecule has 0 saturated heterocycles. The number of amides is 1. The number of carbonyl (C=O) groups is 1. The molecule has 0 fully saturated rings. The maximum absolute atomic E-state index is 11.8. The number of benzene rings is 1. The molecule has 0 spiro atoms. The molecule has 0 radical (unpaired) electrons. The molecule has 1 rings (SSSR count). The van der Waals surface area contributed by atoms with E-state index in [-0.39, 0.29) is 29.7 Å². The number of nitrogens with one attached hydrogen (secondary N) is 1. The zero-order chi connectivity index (χ0) is 15.3. The van der Waals surface area contributed by atoms with Crippen LogP contribution in [0, 0.1) is 16.0 Å². The highest BCUT2D eigenvalue weighted by Gasteiger charge is 2.18. The Morgan fingerprint density at radius 2 is 2.15 bits per heavy atom. The van der Waals surface area contributed by atoms with Gasteiger partial charge in [0, 0.05) is 38.9 Å². The van der Waals surface area contributed by atoms with Gasteiger partial charge in [0.2, 0.25) is 0 Å². The summed E-state index contributed by atoms with van der Waals surface area (Å²) in [6, 6.07) is 4.31. The van der Waals surface area contributed by atoms with Gasteiger partial charge in [-0.05, 0) is 18.1 Å². The Balaban J connectivity index is 3.02. The molecule has 7 heteroatoms. The summed E-state index contributed by atoms with van der Waals surface area (Å²) in [4.78, 5) is 23.7. The number of carbonyl (C=O) groups excluding carboxylic acids is 1. The van der Waals surface area contributed by atoms with Gasteiger partial charge in [-0.1, -0.05) is 6.92 Å². The fraction of sp³-hybridized carbons (Fsp3) is 0.462. The van der Waals surface area contributed by atoms with E-state index >= 15 is 0 Å². The molecule has 0 bridgehead atoms. The molecule has 1 aromatic rings. The van der Waals surface area contributed by atoms with Crippen LogP contribution in [0.15, 0.2) is 18.2 Å². The number of hydrogen-bond acceptors (Lipinski definition) is 5. The summed E-state index contributed by atoms with van der Waals surface area (Å²) in [5, 5.41) is 22.9. The molecular weight excluding hydrogens is 262 g/mol. The van der Waals surface area contributed by atoms with Crippen LogP contribution in [0.4, 0.5) is 11.4 Å². The van der Waals surface area contributed by atoms with E-state index in [1.807, 2.05) is 6.92 Å². The third-order valence-corrected chi connectivity index (χ3v) is 2.80. The number of nitro groups is 1. The summed E-state index contributed by atoms with van der Waals surface area (Å²) in [7, 11) is 3.17. The quantitative estimate of drug-likeness (QED) is 0.606. The van der Waals surface area contributed by atoms with Gasteiger partial charge >= 0.3 is 0 Å². The van der Waals surface area contributed by atoms with Gasteiger partial charge in [-0.2, -0.15) is 0 Å². The van der Waals surface area contributed by atoms with E-state index in [2.05, 4.69) is 5.32 Å². The molecular formula is C13H19N3O4. The second-order valence-corrected chi connectivity index (χ2v) is 4.86. The standard InChI is InChI=1S/C13H19N3O4/c1-9(8-17)7-14-11-5-4-10(13(18)15(2)3)6-12(11)16(19)20/h4-6,9,14,17H,7-8H2,1-3H3. The first-order chi connectivity index (χ1) is 9.36. The first-order valence-electron chi connectivity index (χ1n) is 6.21. The monoisotopic (exact) mass is 281 g/mol. The van der Waals surface area contributed by atoms with Gasteiger partial charge in [0.15, 0.2) is 0 Å². The van der Waals surface area contributed by atoms with Gasteiger partial charge in [0.1, 0.15) is 5.69 Å². The van der Waals surface area contributed by atoms with E-state index in [0.717, 1.165) is 0 Å². The van der Waals surface area contributed by atoms with E-state index in [0.29, 0.717) is 12.2 Å². The van der Waals surface area contributed by atoms with E-state index in [4.69, 9.17) is 5.11 Å². The third kappa shape index (κ3) is 3.92. The molecule has 0 aliphatic carbocycles. The Hall–Kier alpha value is -2.15. The van der Waals surface area contributed by atoms with Crippen LogP contribution in [0.2, 0.25) is 0 Å². The van der Waals surface area contributed by atoms with Crippen LogP contribution in [0.3, 0.4) is 0 Å². The van der Waals surface area contributed by atoms with E-state index < -0.39 is 4.92 Å². The number of rotatable bonds is 6. The minimum absolute atomic E-state index is 0.00199. The van der Waals surface area contributed by atoms with Crippen molar-refractivity contribution in [2.45, 2.75) is 6.92 Å². The van der Waals surface area contributed by atoms with Crippen LogP contribution in [0.1, 0.15) is 17.3 Å². The van der Waals surface area contributed by atoms with Crippen molar-refractivity contribution in [3.05, 3.63) is 33.9 Å². The lowest BCUT2D eigenvalue weighted by atomic mass is 10.1. The van der Waals surface area contributed by atoms with Gasteiger partial charge in [0.25, 0.3) is 11.6 Å². The van der Waals surface area contributed by atoms with Crippen LogP contribution >= 0.6 is 0 Å². The molecule has 0 heterocycles. The largest absolute Gasteiger partial charge is 0.396 e. The van der Waals surface area contributed by atoms with Gasteiger partial charge in [-0.15, -0.1) is 0 Å². The maximum Gasteiger partial charge on any atom is 0.293 e. The van der Waals surface area contributed by atoms with E-state index in [1.54, 1.807) is 20.2 Å². The van der Waals surface area contributed by atoms with Crippen molar-refractivity contribution in [2.24, 2.45) is 5.92 Å². The number of nitrogens with zero attached hydrogens (tertiary/aromatic N) is 2. The van der Waals surface area contributed by atoms with Gasteiger partial charge in [-0.3, -0.25) is 14.9 Å². The predicted octanol–water partition coefficient (Wildman–Crippen LogP) is 1.34. The molecule has 0 aliphatic heterocycles. The minimum atomic E-state index is -0.529. The summed E-state index contributed by atoms with van der Waals surface area (Å²) in [5.41, 5.74) is 0.455. The lowest BCUT2D eigenvalue weighted by molar-refractivity contribution is -0.384. The van der Waals surface area contributed by atoms with Crippen molar-refractivity contribution < 1.29 is 14.8 Å². The molecule has 7 nitrogen and oxygen atoms in total. The van der Waals surface area contributed by atoms with Crippen molar-refractivity contribution in [1.29, 1.82) is 0 Å². The van der Waals surface area contributed by atoms with Crippen LogP contribution in [-0.4, -0.2) is 48.1 Å². The summed E-state index contributed by atoms with van der Waals surface area (Å²) in [5.74, 6) is -0.305. The second kappa shape index (κ2) is 6.85. The van der Waals surface area contributed by atoms with Crippen molar-refractivity contribution in [3.63, 3.8) is 0 Å². The molecule has 0 aliphatic rings. The smallest absolute Gasteiger partial charge is 0.293 e. The van der Waals surface area contributed by atoms with Crippen molar-refractivity contribution in [2.75, 3.05) is 32.6 Å². The highest BCUT2D eigenvalue weighted by atomic mass is 16.6. The topological polar surface area (TPSA) is 95.7 Å². The van der Waals surface area contributed by atoms with Gasteiger partial charge in [-0.25, -0.2) is 0 Å². The molecule has 1 atom stereocenters. The highest BCUT2D eigenvalue weighted by molar-refractivity contribution is 5.95. The first kappa shape index (κ1) is 15.9. The fourth-order valence-electron chi connectivity index (χ4n) is 1.57. The molecule has 0 saturated carbocycles. The Bertz CT molecular complexity index is 502. The van der Waals surface area contributed by atoms with Crippen LogP contribution < -0.4 is 5.32 Å². The van der Waals surface area contributed by atoms with Crippen molar-refractivity contribution in [1.82, 2.24) is 4.90 Å². The predicted molar refractivity (Wildman–Crippen MR) is 75.9 cm³/mol. The first-order valence-corrected chi connectivity index (χ1v) is 6.21. The summed E-state index contributed by atoms with van der Waals surface area (Å²) < 4.78 is 0. The molecule has 0 aromatic heterocycles. The fourth-order valence-corrected chi connectivity index (χ4v) is 1.57. The Labute approximate surface area is 117 Å². The SMILES string of the molecule is CC(CO)CNc1ccc(C(=O)N(C)C)cc1[N+](=O)[O-]. The Kier molecular flexibility index (Phi) is 5.45. The number of aliphatic hydroxyl groups is 1. The Morgan fingerprint density at radius 3 is 2.65 bits per heavy atom. The molecule has 20 heavy (non-hydrogen) atoms. The van der Waals surface area contributed by atoms with Crippen LogP contribution in [0.25, 0.3) is 0 Å². The van der Waals surface area contributed by atoms with Crippen molar-refractivity contribution >= 4 is 17.3 Å². The molecule has 2 N–H and O–H groups in total.